The molecule has 2 aliphatic rings. The van der Waals surface area contributed by atoms with Gasteiger partial charge in [-0.1, -0.05) is 0 Å². The summed E-state index contributed by atoms with van der Waals surface area (Å²) in [5.41, 5.74) is 2.72. The van der Waals surface area contributed by atoms with Gasteiger partial charge in [0.25, 0.3) is 0 Å². The van der Waals surface area contributed by atoms with Gasteiger partial charge in [0.15, 0.2) is 11.5 Å². The summed E-state index contributed by atoms with van der Waals surface area (Å²) in [6, 6.07) is 4.22. The Hall–Kier alpha value is -1.26. The zero-order chi connectivity index (χ0) is 12.5. The fourth-order valence-electron chi connectivity index (χ4n) is 2.56. The molecule has 4 heteroatoms. The van der Waals surface area contributed by atoms with Gasteiger partial charge in [-0.15, -0.1) is 0 Å². The van der Waals surface area contributed by atoms with Crippen LogP contribution in [0, 0.1) is 0 Å². The molecule has 1 fully saturated rings. The van der Waals surface area contributed by atoms with Crippen LogP contribution in [0.1, 0.15) is 11.1 Å². The molecule has 1 aromatic rings. The first-order valence-electron chi connectivity index (χ1n) is 6.38. The maximum absolute atomic E-state index is 5.36. The van der Waals surface area contributed by atoms with Crippen LogP contribution in [0.15, 0.2) is 12.1 Å². The Morgan fingerprint density at radius 3 is 2.50 bits per heavy atom. The molecule has 0 N–H and O–H groups in total. The molecule has 1 saturated heterocycles. The number of fused-ring (bicyclic) bond motifs is 1. The molecule has 0 bridgehead atoms. The molecule has 0 saturated carbocycles. The van der Waals surface area contributed by atoms with E-state index < -0.39 is 0 Å². The van der Waals surface area contributed by atoms with Crippen LogP contribution in [0.2, 0.25) is 0 Å². The van der Waals surface area contributed by atoms with Gasteiger partial charge in [0.1, 0.15) is 0 Å². The molecular formula is C14H19NO3. The second-order valence-corrected chi connectivity index (χ2v) is 4.92. The quantitative estimate of drug-likeness (QED) is 0.757. The molecule has 1 unspecified atom stereocenters. The van der Waals surface area contributed by atoms with Crippen molar-refractivity contribution in [2.45, 2.75) is 19.1 Å². The average Bonchev–Trinajstić information content (AvgIpc) is 3.21. The normalized spacial score (nSPS) is 22.4. The summed E-state index contributed by atoms with van der Waals surface area (Å²) in [4.78, 5) is 2.45. The van der Waals surface area contributed by atoms with Crippen molar-refractivity contribution >= 4 is 0 Å². The Morgan fingerprint density at radius 2 is 1.89 bits per heavy atom. The highest BCUT2D eigenvalue weighted by Crippen LogP contribution is 2.33. The summed E-state index contributed by atoms with van der Waals surface area (Å²) in [5.74, 6) is 1.65. The monoisotopic (exact) mass is 249 g/mol. The number of methoxy groups -OCH3 is 2. The largest absolute Gasteiger partial charge is 0.493 e. The Balaban J connectivity index is 1.80. The smallest absolute Gasteiger partial charge is 0.161 e. The molecule has 2 heterocycles. The van der Waals surface area contributed by atoms with Gasteiger partial charge in [0, 0.05) is 19.6 Å². The summed E-state index contributed by atoms with van der Waals surface area (Å²) < 4.78 is 16.0. The van der Waals surface area contributed by atoms with Crippen molar-refractivity contribution in [3.8, 4) is 11.5 Å². The third kappa shape index (κ3) is 2.31. The van der Waals surface area contributed by atoms with Crippen molar-refractivity contribution in [2.75, 3.05) is 33.9 Å². The second kappa shape index (κ2) is 4.78. The predicted octanol–water partition coefficient (Wildman–Crippen LogP) is 1.46. The van der Waals surface area contributed by atoms with Crippen LogP contribution in [0.3, 0.4) is 0 Å². The van der Waals surface area contributed by atoms with Gasteiger partial charge in [-0.3, -0.25) is 4.90 Å². The van der Waals surface area contributed by atoms with Crippen LogP contribution >= 0.6 is 0 Å². The number of benzene rings is 1. The van der Waals surface area contributed by atoms with E-state index >= 15 is 0 Å². The van der Waals surface area contributed by atoms with Gasteiger partial charge in [-0.05, 0) is 29.7 Å². The number of ether oxygens (including phenoxy) is 3. The van der Waals surface area contributed by atoms with E-state index in [-0.39, 0.29) is 0 Å². The van der Waals surface area contributed by atoms with Crippen molar-refractivity contribution in [3.05, 3.63) is 23.3 Å². The van der Waals surface area contributed by atoms with Crippen LogP contribution < -0.4 is 9.47 Å². The number of hydrogen-bond acceptors (Lipinski definition) is 4. The van der Waals surface area contributed by atoms with E-state index in [0.717, 1.165) is 44.2 Å². The summed E-state index contributed by atoms with van der Waals surface area (Å²) in [6.07, 6.45) is 1.54. The molecule has 0 spiro atoms. The number of epoxide rings is 1. The van der Waals surface area contributed by atoms with Crippen molar-refractivity contribution in [1.82, 2.24) is 4.90 Å². The minimum absolute atomic E-state index is 0.465. The zero-order valence-electron chi connectivity index (χ0n) is 10.9. The third-order valence-electron chi connectivity index (χ3n) is 3.66. The molecule has 3 rings (SSSR count). The van der Waals surface area contributed by atoms with E-state index in [1.807, 2.05) is 0 Å². The van der Waals surface area contributed by atoms with Crippen LogP contribution in [0.4, 0.5) is 0 Å². The summed E-state index contributed by atoms with van der Waals surface area (Å²) in [6.45, 7) is 4.06. The molecule has 1 atom stereocenters. The highest BCUT2D eigenvalue weighted by atomic mass is 16.6. The Bertz CT molecular complexity index is 443. The number of nitrogens with zero attached hydrogens (tertiary/aromatic N) is 1. The van der Waals surface area contributed by atoms with E-state index in [2.05, 4.69) is 17.0 Å². The molecule has 18 heavy (non-hydrogen) atoms. The second-order valence-electron chi connectivity index (χ2n) is 4.92. The van der Waals surface area contributed by atoms with Gasteiger partial charge in [-0.25, -0.2) is 0 Å². The first-order chi connectivity index (χ1) is 8.80. The predicted molar refractivity (Wildman–Crippen MR) is 68.3 cm³/mol. The summed E-state index contributed by atoms with van der Waals surface area (Å²) >= 11 is 0. The van der Waals surface area contributed by atoms with E-state index in [0.29, 0.717) is 6.10 Å². The van der Waals surface area contributed by atoms with Gasteiger partial charge in [0.05, 0.1) is 26.9 Å². The molecule has 4 nitrogen and oxygen atoms in total. The lowest BCUT2D eigenvalue weighted by Gasteiger charge is -2.29. The maximum atomic E-state index is 5.36. The van der Waals surface area contributed by atoms with Crippen molar-refractivity contribution in [1.29, 1.82) is 0 Å². The Kier molecular flexibility index (Phi) is 3.14. The van der Waals surface area contributed by atoms with E-state index in [9.17, 15) is 0 Å². The molecule has 0 radical (unpaired) electrons. The topological polar surface area (TPSA) is 34.2 Å². The molecule has 0 aliphatic carbocycles. The van der Waals surface area contributed by atoms with E-state index in [4.69, 9.17) is 14.2 Å². The molecular weight excluding hydrogens is 230 g/mol. The summed E-state index contributed by atoms with van der Waals surface area (Å²) in [5, 5.41) is 0. The minimum Gasteiger partial charge on any atom is -0.493 e. The fraction of sp³-hybridized carbons (Fsp3) is 0.571. The van der Waals surface area contributed by atoms with Crippen LogP contribution in [0.25, 0.3) is 0 Å². The van der Waals surface area contributed by atoms with Crippen LogP contribution in [-0.4, -0.2) is 44.9 Å². The van der Waals surface area contributed by atoms with Gasteiger partial charge < -0.3 is 14.2 Å². The summed E-state index contributed by atoms with van der Waals surface area (Å²) in [7, 11) is 3.37. The lowest BCUT2D eigenvalue weighted by molar-refractivity contribution is 0.225. The van der Waals surface area contributed by atoms with Crippen LogP contribution in [-0.2, 0) is 17.7 Å². The zero-order valence-corrected chi connectivity index (χ0v) is 10.9. The molecule has 1 aromatic carbocycles. The standard InChI is InChI=1S/C14H19NO3/c1-16-13-5-10-3-4-15(8-12-9-18-12)7-11(10)6-14(13)17-2/h5-6,12H,3-4,7-9H2,1-2H3. The highest BCUT2D eigenvalue weighted by Gasteiger charge is 2.27. The van der Waals surface area contributed by atoms with Crippen molar-refractivity contribution < 1.29 is 14.2 Å². The van der Waals surface area contributed by atoms with Crippen molar-refractivity contribution in [2.24, 2.45) is 0 Å². The minimum atomic E-state index is 0.465. The van der Waals surface area contributed by atoms with Gasteiger partial charge >= 0.3 is 0 Å². The number of hydrogen-bond donors (Lipinski definition) is 0. The highest BCUT2D eigenvalue weighted by molar-refractivity contribution is 5.48. The van der Waals surface area contributed by atoms with Gasteiger partial charge in [0.2, 0.25) is 0 Å². The van der Waals surface area contributed by atoms with E-state index in [1.54, 1.807) is 14.2 Å². The number of rotatable bonds is 4. The molecule has 2 aliphatic heterocycles. The fourth-order valence-corrected chi connectivity index (χ4v) is 2.56. The first-order valence-corrected chi connectivity index (χ1v) is 6.38. The lowest BCUT2D eigenvalue weighted by Crippen LogP contribution is -2.33. The average molecular weight is 249 g/mol. The molecule has 0 amide bonds. The van der Waals surface area contributed by atoms with Crippen LogP contribution in [0.5, 0.6) is 11.5 Å². The lowest BCUT2D eigenvalue weighted by atomic mass is 9.98. The van der Waals surface area contributed by atoms with Crippen molar-refractivity contribution in [3.63, 3.8) is 0 Å². The Morgan fingerprint density at radius 1 is 1.22 bits per heavy atom. The third-order valence-corrected chi connectivity index (χ3v) is 3.66. The Labute approximate surface area is 107 Å². The SMILES string of the molecule is COc1cc2c(cc1OC)CN(CC1CO1)CC2. The first kappa shape index (κ1) is 11.8. The molecule has 0 aromatic heterocycles. The van der Waals surface area contributed by atoms with E-state index in [1.165, 1.54) is 11.1 Å². The maximum Gasteiger partial charge on any atom is 0.161 e. The molecule has 98 valence electrons. The van der Waals surface area contributed by atoms with Gasteiger partial charge in [-0.2, -0.15) is 0 Å².